The number of carboxylic acid groups (broad SMARTS) is 1. The molecule has 1 fully saturated rings. The standard InChI is InChI=1S/C26H27ClFN3O4/c1-15(2)21-10-22(31-30-21)23(33)29-26(12-25(13-26,14-32)24(34)35)11-16-3-5-17(6-4-16)19-9-18(27)7-8-20(19)28/h3-10,15,32H,11-14H2,1-2H3,(H,29,33)(H,30,31)(H,34,35)/t25-,26-. The summed E-state index contributed by atoms with van der Waals surface area (Å²) in [5, 5.41) is 29.8. The molecule has 0 aliphatic heterocycles. The Bertz CT molecular complexity index is 1250. The average molecular weight is 500 g/mol. The Balaban J connectivity index is 1.58. The summed E-state index contributed by atoms with van der Waals surface area (Å²) in [6.45, 7) is 3.41. The van der Waals surface area contributed by atoms with Crippen LogP contribution in [0.25, 0.3) is 11.1 Å². The number of hydrogen-bond acceptors (Lipinski definition) is 4. The van der Waals surface area contributed by atoms with Crippen LogP contribution in [0, 0.1) is 11.2 Å². The molecule has 0 atom stereocenters. The first kappa shape index (κ1) is 24.9. The zero-order valence-corrected chi connectivity index (χ0v) is 20.2. The van der Waals surface area contributed by atoms with Crippen molar-refractivity contribution in [3.63, 3.8) is 0 Å². The van der Waals surface area contributed by atoms with Crippen molar-refractivity contribution in [2.75, 3.05) is 6.61 Å². The van der Waals surface area contributed by atoms with Gasteiger partial charge in [-0.2, -0.15) is 5.10 Å². The number of H-pyrrole nitrogens is 1. The van der Waals surface area contributed by atoms with Crippen molar-refractivity contribution in [1.82, 2.24) is 15.5 Å². The lowest BCUT2D eigenvalue weighted by Crippen LogP contribution is -2.66. The van der Waals surface area contributed by atoms with Gasteiger partial charge >= 0.3 is 5.97 Å². The van der Waals surface area contributed by atoms with E-state index < -0.39 is 23.5 Å². The maximum Gasteiger partial charge on any atom is 0.312 e. The Morgan fingerprint density at radius 1 is 1.17 bits per heavy atom. The summed E-state index contributed by atoms with van der Waals surface area (Å²) in [7, 11) is 0. The summed E-state index contributed by atoms with van der Waals surface area (Å²) in [6.07, 6.45) is 0.498. The van der Waals surface area contributed by atoms with Crippen LogP contribution in [0.4, 0.5) is 4.39 Å². The molecule has 35 heavy (non-hydrogen) atoms. The summed E-state index contributed by atoms with van der Waals surface area (Å²) in [5.41, 5.74) is 0.711. The number of benzene rings is 2. The van der Waals surface area contributed by atoms with Gasteiger partial charge in [-0.25, -0.2) is 4.39 Å². The van der Waals surface area contributed by atoms with Gasteiger partial charge in [0.1, 0.15) is 11.5 Å². The van der Waals surface area contributed by atoms with Crippen molar-refractivity contribution < 1.29 is 24.2 Å². The largest absolute Gasteiger partial charge is 0.481 e. The molecule has 3 aromatic rings. The minimum atomic E-state index is -1.31. The van der Waals surface area contributed by atoms with Crippen LogP contribution in [-0.4, -0.2) is 44.4 Å². The van der Waals surface area contributed by atoms with Crippen molar-refractivity contribution in [1.29, 1.82) is 0 Å². The molecule has 4 N–H and O–H groups in total. The predicted molar refractivity (Wildman–Crippen MR) is 130 cm³/mol. The minimum absolute atomic E-state index is 0.0768. The molecule has 0 radical (unpaired) electrons. The van der Waals surface area contributed by atoms with E-state index in [2.05, 4.69) is 15.5 Å². The number of aromatic nitrogens is 2. The van der Waals surface area contributed by atoms with E-state index in [1.165, 1.54) is 12.1 Å². The number of aliphatic hydroxyl groups is 1. The van der Waals surface area contributed by atoms with E-state index in [0.717, 1.165) is 11.3 Å². The molecule has 184 valence electrons. The van der Waals surface area contributed by atoms with Crippen molar-refractivity contribution >= 4 is 23.5 Å². The molecule has 1 amide bonds. The molecule has 9 heteroatoms. The lowest BCUT2D eigenvalue weighted by Gasteiger charge is -2.53. The van der Waals surface area contributed by atoms with E-state index in [1.54, 1.807) is 24.3 Å². The Morgan fingerprint density at radius 2 is 1.86 bits per heavy atom. The van der Waals surface area contributed by atoms with Gasteiger partial charge in [-0.3, -0.25) is 14.7 Å². The van der Waals surface area contributed by atoms with Crippen molar-refractivity contribution in [3.8, 4) is 11.1 Å². The second-order valence-corrected chi connectivity index (χ2v) is 10.1. The van der Waals surface area contributed by atoms with Gasteiger partial charge in [-0.1, -0.05) is 49.7 Å². The van der Waals surface area contributed by atoms with Gasteiger partial charge in [0.2, 0.25) is 0 Å². The lowest BCUT2D eigenvalue weighted by molar-refractivity contribution is -0.165. The summed E-state index contributed by atoms with van der Waals surface area (Å²) in [6, 6.07) is 13.2. The molecule has 0 spiro atoms. The van der Waals surface area contributed by atoms with Crippen molar-refractivity contribution in [2.24, 2.45) is 5.41 Å². The maximum absolute atomic E-state index is 14.3. The number of aliphatic carboxylic acids is 1. The second-order valence-electron chi connectivity index (χ2n) is 9.69. The first-order valence-corrected chi connectivity index (χ1v) is 11.7. The van der Waals surface area contributed by atoms with Gasteiger partial charge in [0.15, 0.2) is 0 Å². The maximum atomic E-state index is 14.3. The summed E-state index contributed by atoms with van der Waals surface area (Å²) >= 11 is 6.01. The van der Waals surface area contributed by atoms with Gasteiger partial charge in [0.25, 0.3) is 5.91 Å². The molecular weight excluding hydrogens is 473 g/mol. The van der Waals surface area contributed by atoms with Crippen LogP contribution in [0.3, 0.4) is 0 Å². The first-order chi connectivity index (χ1) is 16.6. The summed E-state index contributed by atoms with van der Waals surface area (Å²) in [5.74, 6) is -1.74. The molecular formula is C26H27ClFN3O4. The quantitative estimate of drug-likeness (QED) is 0.362. The Kier molecular flexibility index (Phi) is 6.71. The normalized spacial score (nSPS) is 21.5. The third-order valence-electron chi connectivity index (χ3n) is 6.66. The summed E-state index contributed by atoms with van der Waals surface area (Å²) in [4.78, 5) is 24.8. The second kappa shape index (κ2) is 9.43. The Hall–Kier alpha value is -3.23. The highest BCUT2D eigenvalue weighted by atomic mass is 35.5. The number of hydrogen-bond donors (Lipinski definition) is 4. The van der Waals surface area contributed by atoms with Gasteiger partial charge in [-0.15, -0.1) is 0 Å². The number of aromatic amines is 1. The van der Waals surface area contributed by atoms with Crippen LogP contribution >= 0.6 is 11.6 Å². The van der Waals surface area contributed by atoms with Crippen LogP contribution in [0.2, 0.25) is 5.02 Å². The zero-order valence-electron chi connectivity index (χ0n) is 19.4. The third-order valence-corrected chi connectivity index (χ3v) is 6.89. The van der Waals surface area contributed by atoms with Gasteiger partial charge < -0.3 is 15.5 Å². The van der Waals surface area contributed by atoms with Gasteiger partial charge in [0.05, 0.1) is 17.7 Å². The topological polar surface area (TPSA) is 115 Å². The van der Waals surface area contributed by atoms with Crippen molar-refractivity contribution in [2.45, 2.75) is 44.6 Å². The molecule has 1 aliphatic carbocycles. The van der Waals surface area contributed by atoms with E-state index in [9.17, 15) is 24.2 Å². The smallest absolute Gasteiger partial charge is 0.312 e. The fourth-order valence-corrected chi connectivity index (χ4v) is 4.97. The average Bonchev–Trinajstić information content (AvgIpc) is 3.30. The molecule has 1 heterocycles. The van der Waals surface area contributed by atoms with Crippen LogP contribution in [0.1, 0.15) is 54.4 Å². The number of halogens is 2. The third kappa shape index (κ3) is 4.94. The molecule has 0 bridgehead atoms. The number of nitrogens with zero attached hydrogens (tertiary/aromatic N) is 1. The van der Waals surface area contributed by atoms with E-state index in [-0.39, 0.29) is 36.2 Å². The molecule has 1 aliphatic rings. The fourth-order valence-electron chi connectivity index (χ4n) is 4.80. The highest BCUT2D eigenvalue weighted by Crippen LogP contribution is 2.50. The first-order valence-electron chi connectivity index (χ1n) is 11.3. The van der Waals surface area contributed by atoms with E-state index >= 15 is 0 Å². The number of carbonyl (C=O) groups is 2. The highest BCUT2D eigenvalue weighted by Gasteiger charge is 2.59. The molecule has 0 unspecified atom stereocenters. The van der Waals surface area contributed by atoms with Crippen LogP contribution in [-0.2, 0) is 11.2 Å². The predicted octanol–water partition coefficient (Wildman–Crippen LogP) is 4.56. The van der Waals surface area contributed by atoms with Crippen LogP contribution < -0.4 is 5.32 Å². The van der Waals surface area contributed by atoms with Crippen LogP contribution in [0.15, 0.2) is 48.5 Å². The number of aliphatic hydroxyl groups excluding tert-OH is 1. The Morgan fingerprint density at radius 3 is 2.43 bits per heavy atom. The molecule has 7 nitrogen and oxygen atoms in total. The molecule has 1 saturated carbocycles. The SMILES string of the molecule is CC(C)c1cc(C(=O)N[C@]2(Cc3ccc(-c4cc(Cl)ccc4F)cc3)C[C@@](CO)(C(=O)O)C2)[nH]n1. The summed E-state index contributed by atoms with van der Waals surface area (Å²) < 4.78 is 14.3. The number of carboxylic acids is 1. The molecule has 1 aromatic heterocycles. The van der Waals surface area contributed by atoms with E-state index in [1.807, 2.05) is 26.0 Å². The number of nitrogens with one attached hydrogen (secondary N) is 2. The Labute approximate surface area is 207 Å². The molecule has 0 saturated heterocycles. The van der Waals surface area contributed by atoms with Gasteiger partial charge in [0, 0.05) is 16.1 Å². The number of rotatable bonds is 8. The van der Waals surface area contributed by atoms with Crippen LogP contribution in [0.5, 0.6) is 0 Å². The molecule has 4 rings (SSSR count). The van der Waals surface area contributed by atoms with Crippen molar-refractivity contribution in [3.05, 3.63) is 76.3 Å². The molecule has 2 aromatic carbocycles. The van der Waals surface area contributed by atoms with Gasteiger partial charge in [-0.05, 0) is 60.6 Å². The lowest BCUT2D eigenvalue weighted by atomic mass is 9.55. The van der Waals surface area contributed by atoms with E-state index in [0.29, 0.717) is 22.6 Å². The van der Waals surface area contributed by atoms with E-state index in [4.69, 9.17) is 11.6 Å². The number of carbonyl (C=O) groups excluding carboxylic acids is 1. The highest BCUT2D eigenvalue weighted by molar-refractivity contribution is 6.30. The zero-order chi connectivity index (χ0) is 25.4. The monoisotopic (exact) mass is 499 g/mol. The minimum Gasteiger partial charge on any atom is -0.481 e. The number of amides is 1. The fraction of sp³-hybridized carbons (Fsp3) is 0.346.